The van der Waals surface area contributed by atoms with Crippen molar-refractivity contribution < 1.29 is 23.8 Å². The second-order valence-corrected chi connectivity index (χ2v) is 8.72. The summed E-state index contributed by atoms with van der Waals surface area (Å²) in [6.45, 7) is 12.7. The Hall–Kier alpha value is -2.23. The first-order valence-corrected chi connectivity index (χ1v) is 11.4. The van der Waals surface area contributed by atoms with E-state index in [1.807, 2.05) is 0 Å². The highest BCUT2D eigenvalue weighted by Crippen LogP contribution is 2.37. The van der Waals surface area contributed by atoms with Gasteiger partial charge in [-0.2, -0.15) is 0 Å². The molecule has 7 nitrogen and oxygen atoms in total. The normalized spacial score (nSPS) is 17.5. The molecular weight excluding hydrogens is 484 g/mol. The molecule has 168 valence electrons. The van der Waals surface area contributed by atoms with Gasteiger partial charge < -0.3 is 24.8 Å². The van der Waals surface area contributed by atoms with E-state index in [-0.39, 0.29) is 35.7 Å². The molecule has 0 bridgehead atoms. The van der Waals surface area contributed by atoms with E-state index in [4.69, 9.17) is 14.2 Å². The fourth-order valence-electron chi connectivity index (χ4n) is 2.88. The molecule has 0 radical (unpaired) electrons. The lowest BCUT2D eigenvalue weighted by Gasteiger charge is -2.16. The molecule has 1 aliphatic rings. The second kappa shape index (κ2) is 13.2. The third kappa shape index (κ3) is 8.08. The van der Waals surface area contributed by atoms with Crippen molar-refractivity contribution >= 4 is 38.9 Å². The number of carbonyl (C=O) groups excluding carboxylic acids is 2. The Bertz CT molecular complexity index is 817. The highest BCUT2D eigenvalue weighted by Gasteiger charge is 2.27. The fraction of sp³-hybridized carbons (Fsp3) is 0.364. The van der Waals surface area contributed by atoms with Crippen LogP contribution in [0.4, 0.5) is 4.79 Å². The van der Waals surface area contributed by atoms with E-state index in [1.54, 1.807) is 24.3 Å². The molecule has 2 N–H and O–H groups in total. The van der Waals surface area contributed by atoms with Crippen LogP contribution in [0.25, 0.3) is 0 Å². The van der Waals surface area contributed by atoms with Crippen molar-refractivity contribution in [2.24, 2.45) is 0 Å². The molecule has 0 saturated carbocycles. The molecule has 1 aromatic carbocycles. The smallest absolute Gasteiger partial charge is 0.367 e. The summed E-state index contributed by atoms with van der Waals surface area (Å²) in [7, 11) is 0. The predicted molar refractivity (Wildman–Crippen MR) is 127 cm³/mol. The van der Waals surface area contributed by atoms with Gasteiger partial charge in [0.2, 0.25) is 0 Å². The molecule has 1 aromatic rings. The highest BCUT2D eigenvalue weighted by atomic mass is 79.9. The molecule has 1 heterocycles. The molecule has 0 aromatic heterocycles. The zero-order valence-corrected chi connectivity index (χ0v) is 19.6. The van der Waals surface area contributed by atoms with Gasteiger partial charge in [-0.15, -0.1) is 0 Å². The van der Waals surface area contributed by atoms with E-state index < -0.39 is 0 Å². The van der Waals surface area contributed by atoms with Gasteiger partial charge in [0.25, 0.3) is 5.91 Å². The van der Waals surface area contributed by atoms with Crippen LogP contribution in [0.2, 0.25) is 0 Å². The van der Waals surface area contributed by atoms with Crippen molar-refractivity contribution in [3.63, 3.8) is 0 Å². The van der Waals surface area contributed by atoms with Gasteiger partial charge in [-0.3, -0.25) is 4.79 Å². The average Bonchev–Trinajstić information content (AvgIpc) is 3.20. The summed E-state index contributed by atoms with van der Waals surface area (Å²) < 4.78 is 16.9. The molecule has 2 unspecified atom stereocenters. The molecule has 1 amide bonds. The topological polar surface area (TPSA) is 85.9 Å². The summed E-state index contributed by atoms with van der Waals surface area (Å²) in [6, 6.07) is 3.40. The van der Waals surface area contributed by atoms with Gasteiger partial charge in [-0.25, -0.2) is 4.79 Å². The minimum atomic E-state index is -0.313. The first-order chi connectivity index (χ1) is 15.0. The van der Waals surface area contributed by atoms with Crippen LogP contribution in [0.15, 0.2) is 54.6 Å². The Kier molecular flexibility index (Phi) is 10.7. The number of thioether (sulfide) groups is 1. The monoisotopic (exact) mass is 510 g/mol. The number of ether oxygens (including phenoxy) is 3. The van der Waals surface area contributed by atoms with Crippen LogP contribution in [0.5, 0.6) is 11.5 Å². The maximum atomic E-state index is 12.7. The Balaban J connectivity index is 1.93. The molecule has 1 fully saturated rings. The van der Waals surface area contributed by atoms with E-state index >= 15 is 0 Å². The standard InChI is InChI=1S/C22H27BrN2O5S/c1-4-7-28-19-11-15(10-18(23)20(19)29-8-5-2)21(26)25-13-16-12-17(14-24-16)31-22(27)30-9-6-3/h4-6,10-11,16-17,24H,1-3,7-9,12-14H2,(H,25,26). The molecule has 1 aliphatic heterocycles. The predicted octanol–water partition coefficient (Wildman–Crippen LogP) is 4.09. The summed E-state index contributed by atoms with van der Waals surface area (Å²) in [5.41, 5.74) is 0.439. The Morgan fingerprint density at radius 2 is 1.87 bits per heavy atom. The van der Waals surface area contributed by atoms with Crippen LogP contribution < -0.4 is 20.1 Å². The van der Waals surface area contributed by atoms with Crippen LogP contribution >= 0.6 is 27.7 Å². The van der Waals surface area contributed by atoms with Gasteiger partial charge in [-0.1, -0.05) is 38.0 Å². The molecule has 2 rings (SSSR count). The van der Waals surface area contributed by atoms with Crippen molar-refractivity contribution in [3.05, 3.63) is 60.1 Å². The Morgan fingerprint density at radius 1 is 1.16 bits per heavy atom. The number of hydrogen-bond acceptors (Lipinski definition) is 7. The summed E-state index contributed by atoms with van der Waals surface area (Å²) in [4.78, 5) is 24.4. The zero-order chi connectivity index (χ0) is 22.6. The number of nitrogens with one attached hydrogen (secondary N) is 2. The van der Waals surface area contributed by atoms with Crippen LogP contribution in [0.1, 0.15) is 16.8 Å². The zero-order valence-electron chi connectivity index (χ0n) is 17.2. The molecule has 9 heteroatoms. The lowest BCUT2D eigenvalue weighted by Crippen LogP contribution is -2.37. The van der Waals surface area contributed by atoms with Gasteiger partial charge in [0.05, 0.1) is 4.47 Å². The van der Waals surface area contributed by atoms with E-state index in [2.05, 4.69) is 46.3 Å². The number of benzene rings is 1. The minimum absolute atomic E-state index is 0.0729. The minimum Gasteiger partial charge on any atom is -0.486 e. The van der Waals surface area contributed by atoms with Crippen LogP contribution in [-0.2, 0) is 4.74 Å². The number of hydrogen-bond donors (Lipinski definition) is 2. The molecule has 1 saturated heterocycles. The fourth-order valence-corrected chi connectivity index (χ4v) is 4.35. The van der Waals surface area contributed by atoms with Crippen LogP contribution in [0, 0.1) is 0 Å². The maximum Gasteiger partial charge on any atom is 0.367 e. The molecule has 2 atom stereocenters. The first kappa shape index (κ1) is 25.0. The summed E-state index contributed by atoms with van der Waals surface area (Å²) >= 11 is 4.61. The largest absolute Gasteiger partial charge is 0.486 e. The Labute approximate surface area is 195 Å². The average molecular weight is 511 g/mol. The van der Waals surface area contributed by atoms with Gasteiger partial charge in [0.1, 0.15) is 19.8 Å². The van der Waals surface area contributed by atoms with E-state index in [0.717, 1.165) is 6.42 Å². The van der Waals surface area contributed by atoms with Crippen LogP contribution in [0.3, 0.4) is 0 Å². The maximum absolute atomic E-state index is 12.7. The molecule has 0 spiro atoms. The molecule has 0 aliphatic carbocycles. The Morgan fingerprint density at radius 3 is 2.58 bits per heavy atom. The third-order valence-corrected chi connectivity index (χ3v) is 5.84. The lowest BCUT2D eigenvalue weighted by atomic mass is 10.1. The van der Waals surface area contributed by atoms with E-state index in [0.29, 0.717) is 41.2 Å². The summed E-state index contributed by atoms with van der Waals surface area (Å²) in [5, 5.41) is 6.04. The third-order valence-electron chi connectivity index (χ3n) is 4.25. The quantitative estimate of drug-likeness (QED) is 0.323. The SMILES string of the molecule is C=CCOC(=O)SC1CNC(CNC(=O)c2cc(Br)c(OCC=C)c(OCC=C)c2)C1. The van der Waals surface area contributed by atoms with Gasteiger partial charge in [0.15, 0.2) is 11.5 Å². The van der Waals surface area contributed by atoms with Crippen LogP contribution in [-0.4, -0.2) is 55.4 Å². The summed E-state index contributed by atoms with van der Waals surface area (Å²) in [5.74, 6) is 0.705. The number of carbonyl (C=O) groups is 2. The summed E-state index contributed by atoms with van der Waals surface area (Å²) in [6.07, 6.45) is 5.53. The van der Waals surface area contributed by atoms with Crippen molar-refractivity contribution in [1.82, 2.24) is 10.6 Å². The highest BCUT2D eigenvalue weighted by molar-refractivity contribution is 9.10. The van der Waals surface area contributed by atoms with E-state index in [9.17, 15) is 9.59 Å². The number of amides is 1. The van der Waals surface area contributed by atoms with Crippen molar-refractivity contribution in [1.29, 1.82) is 0 Å². The van der Waals surface area contributed by atoms with Gasteiger partial charge >= 0.3 is 5.30 Å². The van der Waals surface area contributed by atoms with Crippen molar-refractivity contribution in [3.8, 4) is 11.5 Å². The second-order valence-electron chi connectivity index (χ2n) is 6.63. The van der Waals surface area contributed by atoms with Crippen molar-refractivity contribution in [2.75, 3.05) is 32.9 Å². The first-order valence-electron chi connectivity index (χ1n) is 9.75. The van der Waals surface area contributed by atoms with Gasteiger partial charge in [-0.05, 0) is 46.2 Å². The van der Waals surface area contributed by atoms with E-state index in [1.165, 1.54) is 17.8 Å². The van der Waals surface area contributed by atoms with Crippen molar-refractivity contribution in [2.45, 2.75) is 17.7 Å². The number of halogens is 1. The molecule has 31 heavy (non-hydrogen) atoms. The van der Waals surface area contributed by atoms with Gasteiger partial charge in [0, 0.05) is 29.9 Å². The lowest BCUT2D eigenvalue weighted by molar-refractivity contribution is 0.0949. The number of rotatable bonds is 12. The molecular formula is C22H27BrN2O5S.